The van der Waals surface area contributed by atoms with Crippen LogP contribution in [0.15, 0.2) is 60.7 Å². The second kappa shape index (κ2) is 19.5. The molecule has 0 unspecified atom stereocenters. The van der Waals surface area contributed by atoms with Gasteiger partial charge in [0.15, 0.2) is 12.5 Å². The fourth-order valence-corrected chi connectivity index (χ4v) is 4.86. The molecule has 2 aromatic heterocycles. The molecule has 0 aliphatic heterocycles. The molecule has 0 saturated carbocycles. The Bertz CT molecular complexity index is 1880. The van der Waals surface area contributed by atoms with Gasteiger partial charge in [-0.1, -0.05) is 27.7 Å². The van der Waals surface area contributed by atoms with Gasteiger partial charge < -0.3 is 44.9 Å². The van der Waals surface area contributed by atoms with Crippen molar-refractivity contribution in [1.82, 2.24) is 24.8 Å². The van der Waals surface area contributed by atoms with Crippen LogP contribution in [0.1, 0.15) is 67.4 Å². The number of amides is 3. The number of anilines is 4. The Morgan fingerprint density at radius 1 is 0.926 bits per heavy atom. The van der Waals surface area contributed by atoms with E-state index in [9.17, 15) is 14.4 Å². The lowest BCUT2D eigenvalue weighted by molar-refractivity contribution is -0.127. The number of benzene rings is 2. The number of aromatic nitrogens is 3. The topological polar surface area (TPSA) is 163 Å². The number of carbonyl (C=O) groups excluding carboxylic acids is 3. The smallest absolute Gasteiger partial charge is 0.323 e. The molecule has 14 heteroatoms. The van der Waals surface area contributed by atoms with E-state index in [1.807, 2.05) is 34.0 Å². The van der Waals surface area contributed by atoms with E-state index in [1.54, 1.807) is 74.4 Å². The number of rotatable bonds is 15. The number of ether oxygens (including phenoxy) is 3. The molecule has 0 radical (unpaired) electrons. The van der Waals surface area contributed by atoms with Gasteiger partial charge in [0.1, 0.15) is 34.9 Å². The molecule has 14 nitrogen and oxygen atoms in total. The molecule has 292 valence electrons. The van der Waals surface area contributed by atoms with Gasteiger partial charge in [0.25, 0.3) is 0 Å². The first-order valence-electron chi connectivity index (χ1n) is 17.7. The van der Waals surface area contributed by atoms with Gasteiger partial charge in [0, 0.05) is 50.7 Å². The minimum absolute atomic E-state index is 0.0222. The van der Waals surface area contributed by atoms with Crippen LogP contribution in [-0.2, 0) is 20.9 Å². The molecule has 4 aromatic rings. The number of urea groups is 1. The van der Waals surface area contributed by atoms with Crippen molar-refractivity contribution in [2.24, 2.45) is 5.41 Å². The summed E-state index contributed by atoms with van der Waals surface area (Å²) in [5.41, 5.74) is 3.05. The van der Waals surface area contributed by atoms with E-state index >= 15 is 0 Å². The quantitative estimate of drug-likeness (QED) is 0.0704. The second-order valence-electron chi connectivity index (χ2n) is 15.5. The van der Waals surface area contributed by atoms with Crippen molar-refractivity contribution in [2.75, 3.05) is 56.9 Å². The normalized spacial score (nSPS) is 11.2. The molecule has 2 aromatic carbocycles. The van der Waals surface area contributed by atoms with Gasteiger partial charge in [0.05, 0.1) is 18.2 Å². The third-order valence-corrected chi connectivity index (χ3v) is 7.31. The van der Waals surface area contributed by atoms with Crippen molar-refractivity contribution in [2.45, 2.75) is 74.0 Å². The summed E-state index contributed by atoms with van der Waals surface area (Å²) in [6.45, 7) is 17.6. The van der Waals surface area contributed by atoms with Gasteiger partial charge in [-0.05, 0) is 88.2 Å². The van der Waals surface area contributed by atoms with Crippen molar-refractivity contribution < 1.29 is 28.6 Å². The van der Waals surface area contributed by atoms with Gasteiger partial charge >= 0.3 is 6.03 Å². The van der Waals surface area contributed by atoms with Crippen LogP contribution in [0.25, 0.3) is 11.0 Å². The Morgan fingerprint density at radius 3 is 2.20 bits per heavy atom. The second-order valence-corrected chi connectivity index (χ2v) is 15.5. The molecule has 0 saturated heterocycles. The minimum Gasteiger partial charge on any atom is -0.497 e. The van der Waals surface area contributed by atoms with E-state index < -0.39 is 11.6 Å². The van der Waals surface area contributed by atoms with Crippen LogP contribution in [0.5, 0.6) is 11.5 Å². The Morgan fingerprint density at radius 2 is 1.59 bits per heavy atom. The van der Waals surface area contributed by atoms with E-state index in [1.165, 1.54) is 6.33 Å². The summed E-state index contributed by atoms with van der Waals surface area (Å²) in [5, 5.41) is 9.78. The zero-order valence-electron chi connectivity index (χ0n) is 33.5. The van der Waals surface area contributed by atoms with Crippen molar-refractivity contribution in [1.29, 1.82) is 0 Å². The summed E-state index contributed by atoms with van der Waals surface area (Å²) in [6.07, 6.45) is 4.21. The molecule has 3 amide bonds. The average molecular weight is 745 g/mol. The summed E-state index contributed by atoms with van der Waals surface area (Å²) in [5.74, 6) is 3.32. The predicted octanol–water partition coefficient (Wildman–Crippen LogP) is 7.62. The maximum absolute atomic E-state index is 13.0. The number of H-pyrrole nitrogens is 1. The fourth-order valence-electron chi connectivity index (χ4n) is 4.86. The van der Waals surface area contributed by atoms with Crippen LogP contribution in [0.2, 0.25) is 0 Å². The molecule has 4 rings (SSSR count). The van der Waals surface area contributed by atoms with Crippen LogP contribution < -0.4 is 25.4 Å². The van der Waals surface area contributed by atoms with Gasteiger partial charge in [-0.2, -0.15) is 0 Å². The molecular formula is C40H56N8O6. The zero-order chi connectivity index (χ0) is 40.1. The van der Waals surface area contributed by atoms with E-state index in [0.29, 0.717) is 52.8 Å². The highest BCUT2D eigenvalue weighted by Crippen LogP contribution is 2.33. The third-order valence-electron chi connectivity index (χ3n) is 7.31. The largest absolute Gasteiger partial charge is 0.497 e. The highest BCUT2D eigenvalue weighted by Gasteiger charge is 2.18. The predicted molar refractivity (Wildman–Crippen MR) is 214 cm³/mol. The number of fused-ring (bicyclic) bond motifs is 1. The molecule has 0 spiro atoms. The van der Waals surface area contributed by atoms with Gasteiger partial charge in [-0.15, -0.1) is 0 Å². The lowest BCUT2D eigenvalue weighted by Crippen LogP contribution is -2.28. The molecular weight excluding hydrogens is 688 g/mol. The van der Waals surface area contributed by atoms with Crippen molar-refractivity contribution in [3.8, 4) is 11.5 Å². The van der Waals surface area contributed by atoms with Crippen LogP contribution in [-0.4, -0.2) is 89.1 Å². The maximum atomic E-state index is 13.0. The molecule has 0 atom stereocenters. The number of nitrogens with one attached hydrogen (secondary N) is 4. The van der Waals surface area contributed by atoms with Crippen molar-refractivity contribution in [3.63, 3.8) is 0 Å². The summed E-state index contributed by atoms with van der Waals surface area (Å²) < 4.78 is 16.9. The highest BCUT2D eigenvalue weighted by atomic mass is 16.5. The Balaban J connectivity index is 0.00000147. The number of methoxy groups -OCH3 is 1. The Kier molecular flexibility index (Phi) is 15.4. The number of aromatic amines is 1. The summed E-state index contributed by atoms with van der Waals surface area (Å²) in [6, 6.07) is 11.6. The molecule has 4 N–H and O–H groups in total. The van der Waals surface area contributed by atoms with Crippen LogP contribution in [0.3, 0.4) is 0 Å². The average Bonchev–Trinajstić information content (AvgIpc) is 3.49. The first-order valence-corrected chi connectivity index (χ1v) is 17.7. The molecule has 0 bridgehead atoms. The molecule has 54 heavy (non-hydrogen) atoms. The minimum atomic E-state index is -0.634. The van der Waals surface area contributed by atoms with Crippen molar-refractivity contribution in [3.05, 3.63) is 66.3 Å². The van der Waals surface area contributed by atoms with Crippen LogP contribution >= 0.6 is 0 Å². The van der Waals surface area contributed by atoms with Gasteiger partial charge in [0.2, 0.25) is 11.7 Å². The number of nitrogens with zero attached hydrogens (tertiary/aromatic N) is 4. The van der Waals surface area contributed by atoms with E-state index in [4.69, 9.17) is 14.2 Å². The summed E-state index contributed by atoms with van der Waals surface area (Å²) >= 11 is 0. The number of hydrogen-bond donors (Lipinski definition) is 4. The van der Waals surface area contributed by atoms with Gasteiger partial charge in [-0.25, -0.2) is 19.6 Å². The lowest BCUT2D eigenvalue weighted by atomic mass is 10.0. The van der Waals surface area contributed by atoms with Gasteiger partial charge in [-0.3, -0.25) is 4.79 Å². The fraction of sp³-hybridized carbons (Fsp3) is 0.450. The number of carbonyl (C=O) groups is 2. The Labute approximate surface area is 318 Å². The maximum Gasteiger partial charge on any atom is 0.323 e. The van der Waals surface area contributed by atoms with Crippen LogP contribution in [0.4, 0.5) is 27.7 Å². The Hall–Kier alpha value is -5.59. The first-order chi connectivity index (χ1) is 25.3. The molecule has 0 aliphatic rings. The highest BCUT2D eigenvalue weighted by molar-refractivity contribution is 6.01. The van der Waals surface area contributed by atoms with E-state index in [-0.39, 0.29) is 24.0 Å². The summed E-state index contributed by atoms with van der Waals surface area (Å²) in [7, 11) is 5.39. The lowest BCUT2D eigenvalue weighted by Gasteiger charge is -2.22. The molecule has 0 fully saturated rings. The SMILES string of the molecule is CC(C)(C)C.COc1ccc(NC(=O)Nc2ccc(Nc3ncnc4[nH]cc(CN(C)CCCN(C)C(C)=O)c34)cc2OCC(=C=O)OC(C)(C)C)cc1. The standard InChI is InChI=1S/C35H44N8O6.C5H12/c1-23(45)43(6)16-8-15-42(5)19-24-18-36-32-31(24)33(38-22-37-32)39-26-11-14-29(30(17-26)48-21-28(20-44)49-35(2,3)4)41-34(46)40-25-9-12-27(47-7)13-10-25;1-5(2,3)4/h9-14,17-18,22H,8,15-16,19,21H2,1-7H3,(H2,40,41,46)(H2,36,37,38,39);1-4H3. The number of hydrogen-bond acceptors (Lipinski definition) is 10. The third kappa shape index (κ3) is 14.8. The molecule has 2 heterocycles. The van der Waals surface area contributed by atoms with E-state index in [2.05, 4.69) is 63.5 Å². The zero-order valence-corrected chi connectivity index (χ0v) is 33.5. The molecule has 0 aliphatic carbocycles. The monoisotopic (exact) mass is 744 g/mol. The first kappa shape index (κ1) is 42.8. The van der Waals surface area contributed by atoms with E-state index in [0.717, 1.165) is 23.9 Å². The van der Waals surface area contributed by atoms with Crippen molar-refractivity contribution >= 4 is 51.8 Å². The summed E-state index contributed by atoms with van der Waals surface area (Å²) in [4.78, 5) is 52.2. The van der Waals surface area contributed by atoms with Crippen LogP contribution in [0, 0.1) is 5.41 Å².